The van der Waals surface area contributed by atoms with Crippen LogP contribution >= 0.6 is 27.7 Å². The van der Waals surface area contributed by atoms with Crippen LogP contribution in [0.15, 0.2) is 65.6 Å². The van der Waals surface area contributed by atoms with Crippen molar-refractivity contribution in [1.82, 2.24) is 0 Å². The van der Waals surface area contributed by atoms with Gasteiger partial charge in [0.15, 0.2) is 0 Å². The minimum atomic E-state index is -0.174. The number of hydrogen-bond donors (Lipinski definition) is 0. The van der Waals surface area contributed by atoms with Crippen LogP contribution in [-0.4, -0.2) is 6.26 Å². The molecule has 0 nitrogen and oxygen atoms in total. The Hall–Kier alpha value is -1.32. The van der Waals surface area contributed by atoms with Crippen molar-refractivity contribution >= 4 is 38.5 Å². The molecular formula is C18H14BrFS. The average molecular weight is 361 g/mol. The fraction of sp³-hybridized carbons (Fsp3) is 0.111. The van der Waals surface area contributed by atoms with Crippen molar-refractivity contribution in [2.75, 3.05) is 6.26 Å². The summed E-state index contributed by atoms with van der Waals surface area (Å²) in [6, 6.07) is 19.5. The Morgan fingerprint density at radius 1 is 0.905 bits per heavy atom. The lowest BCUT2D eigenvalue weighted by Crippen LogP contribution is -1.95. The van der Waals surface area contributed by atoms with Gasteiger partial charge in [0.25, 0.3) is 0 Å². The molecule has 3 heteroatoms. The Bertz CT molecular complexity index is 768. The predicted octanol–water partition coefficient (Wildman–Crippen LogP) is 6.19. The van der Waals surface area contributed by atoms with E-state index in [1.807, 2.05) is 30.3 Å². The maximum Gasteiger partial charge on any atom is 0.131 e. The maximum absolute atomic E-state index is 13.9. The first-order valence-corrected chi connectivity index (χ1v) is 8.80. The van der Waals surface area contributed by atoms with E-state index in [9.17, 15) is 4.39 Å². The molecule has 0 aliphatic carbocycles. The molecule has 0 heterocycles. The molecule has 0 saturated carbocycles. The first-order valence-electron chi connectivity index (χ1n) is 6.66. The minimum absolute atomic E-state index is 0.0545. The number of benzene rings is 3. The van der Waals surface area contributed by atoms with E-state index in [-0.39, 0.29) is 10.6 Å². The van der Waals surface area contributed by atoms with Crippen molar-refractivity contribution in [3.8, 4) is 0 Å². The lowest BCUT2D eigenvalue weighted by Gasteiger charge is -2.14. The smallest absolute Gasteiger partial charge is 0.131 e. The van der Waals surface area contributed by atoms with E-state index in [0.29, 0.717) is 5.39 Å². The fourth-order valence-electron chi connectivity index (χ4n) is 2.46. The molecule has 0 saturated heterocycles. The van der Waals surface area contributed by atoms with Gasteiger partial charge in [0.2, 0.25) is 0 Å². The van der Waals surface area contributed by atoms with Crippen LogP contribution in [0.5, 0.6) is 0 Å². The van der Waals surface area contributed by atoms with Crippen LogP contribution in [0, 0.1) is 5.82 Å². The van der Waals surface area contributed by atoms with Crippen LogP contribution in [0.1, 0.15) is 16.0 Å². The molecule has 3 rings (SSSR count). The van der Waals surface area contributed by atoms with Crippen molar-refractivity contribution in [3.63, 3.8) is 0 Å². The second kappa shape index (κ2) is 6.20. The summed E-state index contributed by atoms with van der Waals surface area (Å²) in [5.74, 6) is -0.174. The van der Waals surface area contributed by atoms with Gasteiger partial charge >= 0.3 is 0 Å². The van der Waals surface area contributed by atoms with E-state index in [1.165, 1.54) is 10.5 Å². The molecule has 0 fully saturated rings. The van der Waals surface area contributed by atoms with Gasteiger partial charge in [-0.2, -0.15) is 0 Å². The van der Waals surface area contributed by atoms with Crippen molar-refractivity contribution < 1.29 is 4.39 Å². The molecule has 3 aromatic rings. The van der Waals surface area contributed by atoms with E-state index in [4.69, 9.17) is 0 Å². The van der Waals surface area contributed by atoms with Gasteiger partial charge in [-0.05, 0) is 41.0 Å². The highest BCUT2D eigenvalue weighted by Gasteiger charge is 2.14. The van der Waals surface area contributed by atoms with Gasteiger partial charge in [-0.1, -0.05) is 58.4 Å². The summed E-state index contributed by atoms with van der Waals surface area (Å²) in [5, 5.41) is 1.62. The molecular weight excluding hydrogens is 347 g/mol. The van der Waals surface area contributed by atoms with E-state index in [0.717, 1.165) is 10.9 Å². The zero-order chi connectivity index (χ0) is 14.8. The van der Waals surface area contributed by atoms with E-state index < -0.39 is 0 Å². The van der Waals surface area contributed by atoms with Crippen LogP contribution in [0.25, 0.3) is 10.8 Å². The van der Waals surface area contributed by atoms with Gasteiger partial charge in [-0.15, -0.1) is 11.8 Å². The van der Waals surface area contributed by atoms with E-state index >= 15 is 0 Å². The second-order valence-corrected chi connectivity index (χ2v) is 6.61. The number of thioether (sulfide) groups is 1. The summed E-state index contributed by atoms with van der Waals surface area (Å²) in [6.45, 7) is 0. The Morgan fingerprint density at radius 3 is 2.24 bits per heavy atom. The molecule has 0 aromatic heterocycles. The van der Waals surface area contributed by atoms with E-state index in [2.05, 4.69) is 46.5 Å². The summed E-state index contributed by atoms with van der Waals surface area (Å²) in [7, 11) is 0. The number of hydrogen-bond acceptors (Lipinski definition) is 1. The molecule has 0 N–H and O–H groups in total. The quantitative estimate of drug-likeness (QED) is 0.396. The lowest BCUT2D eigenvalue weighted by molar-refractivity contribution is 0.639. The van der Waals surface area contributed by atoms with Crippen molar-refractivity contribution in [1.29, 1.82) is 0 Å². The summed E-state index contributed by atoms with van der Waals surface area (Å²) in [4.78, 5) is 1.29. The molecule has 0 spiro atoms. The highest BCUT2D eigenvalue weighted by molar-refractivity contribution is 9.09. The van der Waals surface area contributed by atoms with Gasteiger partial charge in [0.05, 0.1) is 4.83 Å². The third-order valence-electron chi connectivity index (χ3n) is 3.59. The van der Waals surface area contributed by atoms with Crippen LogP contribution in [0.3, 0.4) is 0 Å². The summed E-state index contributed by atoms with van der Waals surface area (Å²) in [6.07, 6.45) is 2.06. The Labute approximate surface area is 136 Å². The number of halogens is 2. The van der Waals surface area contributed by atoms with Gasteiger partial charge in [-0.3, -0.25) is 0 Å². The molecule has 0 bridgehead atoms. The molecule has 1 unspecified atom stereocenters. The summed E-state index contributed by atoms with van der Waals surface area (Å²) >= 11 is 5.48. The number of rotatable bonds is 3. The molecule has 0 aliphatic heterocycles. The molecule has 106 valence electrons. The summed E-state index contributed by atoms with van der Waals surface area (Å²) in [5.41, 5.74) is 2.26. The second-order valence-electron chi connectivity index (χ2n) is 4.82. The highest BCUT2D eigenvalue weighted by Crippen LogP contribution is 2.36. The minimum Gasteiger partial charge on any atom is -0.206 e. The zero-order valence-corrected chi connectivity index (χ0v) is 13.9. The Morgan fingerprint density at radius 2 is 1.57 bits per heavy atom. The fourth-order valence-corrected chi connectivity index (χ4v) is 3.57. The van der Waals surface area contributed by atoms with Gasteiger partial charge < -0.3 is 0 Å². The van der Waals surface area contributed by atoms with Crippen LogP contribution < -0.4 is 0 Å². The first kappa shape index (κ1) is 14.6. The number of alkyl halides is 1. The third-order valence-corrected chi connectivity index (χ3v) is 5.35. The first-order chi connectivity index (χ1) is 10.2. The highest BCUT2D eigenvalue weighted by atomic mass is 79.9. The molecule has 0 radical (unpaired) electrons. The lowest BCUT2D eigenvalue weighted by atomic mass is 9.98. The molecule has 0 amide bonds. The van der Waals surface area contributed by atoms with Crippen molar-refractivity contribution in [2.45, 2.75) is 9.72 Å². The third kappa shape index (κ3) is 2.85. The predicted molar refractivity (Wildman–Crippen MR) is 92.9 cm³/mol. The average Bonchev–Trinajstić information content (AvgIpc) is 2.55. The number of fused-ring (bicyclic) bond motifs is 1. The standard InChI is InChI=1S/C18H14BrFS/c1-21-13-8-6-12(7-9-13)18(19)16-10-11-17(20)15-5-3-2-4-14(15)16/h2-11,18H,1H3. The van der Waals surface area contributed by atoms with Crippen LogP contribution in [0.4, 0.5) is 4.39 Å². The van der Waals surface area contributed by atoms with Gasteiger partial charge in [-0.25, -0.2) is 4.39 Å². The SMILES string of the molecule is CSc1ccc(C(Br)c2ccc(F)c3ccccc23)cc1. The Balaban J connectivity index is 2.08. The Kier molecular flexibility index (Phi) is 4.32. The molecule has 3 aromatic carbocycles. The monoisotopic (exact) mass is 360 g/mol. The normalized spacial score (nSPS) is 12.5. The zero-order valence-electron chi connectivity index (χ0n) is 11.5. The van der Waals surface area contributed by atoms with Gasteiger partial charge in [0.1, 0.15) is 5.82 Å². The van der Waals surface area contributed by atoms with Crippen molar-refractivity contribution in [3.05, 3.63) is 77.6 Å². The van der Waals surface area contributed by atoms with E-state index in [1.54, 1.807) is 17.8 Å². The summed E-state index contributed by atoms with van der Waals surface area (Å²) < 4.78 is 13.9. The van der Waals surface area contributed by atoms with Crippen LogP contribution in [0.2, 0.25) is 0 Å². The van der Waals surface area contributed by atoms with Gasteiger partial charge in [0, 0.05) is 10.3 Å². The topological polar surface area (TPSA) is 0 Å². The molecule has 1 atom stereocenters. The maximum atomic E-state index is 13.9. The van der Waals surface area contributed by atoms with Crippen LogP contribution in [-0.2, 0) is 0 Å². The van der Waals surface area contributed by atoms with Crippen molar-refractivity contribution in [2.24, 2.45) is 0 Å². The largest absolute Gasteiger partial charge is 0.206 e. The molecule has 0 aliphatic rings. The molecule has 21 heavy (non-hydrogen) atoms.